The zero-order valence-electron chi connectivity index (χ0n) is 17.8. The molecule has 4 nitrogen and oxygen atoms in total. The molecule has 2 amide bonds. The predicted molar refractivity (Wildman–Crippen MR) is 114 cm³/mol. The number of carbonyl (C=O) groups excluding carboxylic acids is 1. The van der Waals surface area contributed by atoms with Crippen molar-refractivity contribution in [2.24, 2.45) is 0 Å². The van der Waals surface area contributed by atoms with E-state index in [2.05, 4.69) is 5.32 Å². The molecule has 3 aromatic rings. The second-order valence-corrected chi connectivity index (χ2v) is 8.20. The van der Waals surface area contributed by atoms with E-state index < -0.39 is 35.2 Å². The van der Waals surface area contributed by atoms with Gasteiger partial charge in [-0.25, -0.2) is 4.79 Å². The lowest BCUT2D eigenvalue weighted by Crippen LogP contribution is -2.37. The van der Waals surface area contributed by atoms with Gasteiger partial charge in [0.2, 0.25) is 0 Å². The summed E-state index contributed by atoms with van der Waals surface area (Å²) < 4.78 is 80.9. The van der Waals surface area contributed by atoms with Gasteiger partial charge in [0.1, 0.15) is 0 Å². The topological polar surface area (TPSA) is 37.3 Å². The van der Waals surface area contributed by atoms with Crippen LogP contribution in [0.2, 0.25) is 0 Å². The molecule has 2 aromatic carbocycles. The first kappa shape index (κ1) is 23.7. The Morgan fingerprint density at radius 1 is 0.912 bits per heavy atom. The maximum absolute atomic E-state index is 13.2. The van der Waals surface area contributed by atoms with E-state index in [4.69, 9.17) is 0 Å². The number of rotatable bonds is 6. The van der Waals surface area contributed by atoms with Crippen LogP contribution in [0.25, 0.3) is 0 Å². The van der Waals surface area contributed by atoms with Crippen molar-refractivity contribution in [1.82, 2.24) is 9.47 Å². The first-order valence-corrected chi connectivity index (χ1v) is 10.6. The summed E-state index contributed by atoms with van der Waals surface area (Å²) in [5.41, 5.74) is -1.67. The van der Waals surface area contributed by atoms with Crippen molar-refractivity contribution in [3.05, 3.63) is 89.2 Å². The molecule has 34 heavy (non-hydrogen) atoms. The van der Waals surface area contributed by atoms with Gasteiger partial charge in [-0.3, -0.25) is 0 Å². The summed E-state index contributed by atoms with van der Waals surface area (Å²) in [4.78, 5) is 14.4. The van der Waals surface area contributed by atoms with Crippen LogP contribution in [0.15, 0.2) is 66.9 Å². The Bertz CT molecular complexity index is 1120. The van der Waals surface area contributed by atoms with Crippen LogP contribution < -0.4 is 5.32 Å². The van der Waals surface area contributed by atoms with E-state index in [0.29, 0.717) is 31.5 Å². The molecule has 0 atom stereocenters. The lowest BCUT2D eigenvalue weighted by Gasteiger charge is -2.24. The normalized spacial score (nSPS) is 14.2. The molecular weight excluding hydrogens is 460 g/mol. The fourth-order valence-electron chi connectivity index (χ4n) is 3.68. The number of nitrogens with zero attached hydrogens (tertiary/aromatic N) is 2. The zero-order chi connectivity index (χ0) is 24.5. The van der Waals surface area contributed by atoms with Crippen LogP contribution >= 0.6 is 0 Å². The quantitative estimate of drug-likeness (QED) is 0.388. The lowest BCUT2D eigenvalue weighted by molar-refractivity contribution is -0.143. The number of anilines is 1. The molecule has 1 aliphatic carbocycles. The number of carbonyl (C=O) groups is 1. The van der Waals surface area contributed by atoms with Crippen LogP contribution in [0.3, 0.4) is 0 Å². The van der Waals surface area contributed by atoms with Crippen LogP contribution in [-0.4, -0.2) is 21.5 Å². The van der Waals surface area contributed by atoms with Crippen molar-refractivity contribution in [2.75, 3.05) is 5.32 Å². The average molecular weight is 481 g/mol. The van der Waals surface area contributed by atoms with Gasteiger partial charge in [-0.1, -0.05) is 30.3 Å². The molecule has 4 rings (SSSR count). The molecule has 0 radical (unpaired) electrons. The molecule has 0 saturated heterocycles. The van der Waals surface area contributed by atoms with E-state index >= 15 is 0 Å². The number of urea groups is 1. The minimum atomic E-state index is -4.99. The van der Waals surface area contributed by atoms with E-state index in [1.165, 1.54) is 4.90 Å². The van der Waals surface area contributed by atoms with Crippen molar-refractivity contribution >= 4 is 11.7 Å². The summed E-state index contributed by atoms with van der Waals surface area (Å²) in [6.45, 7) is 0.729. The molecule has 1 heterocycles. The van der Waals surface area contributed by atoms with Gasteiger partial charge < -0.3 is 14.8 Å². The van der Waals surface area contributed by atoms with Crippen LogP contribution in [0.5, 0.6) is 0 Å². The first-order chi connectivity index (χ1) is 16.0. The second kappa shape index (κ2) is 9.08. The zero-order valence-corrected chi connectivity index (χ0v) is 17.8. The predicted octanol–water partition coefficient (Wildman–Crippen LogP) is 6.77. The molecule has 1 fully saturated rings. The highest BCUT2D eigenvalue weighted by molar-refractivity contribution is 5.90. The smallest absolute Gasteiger partial charge is 0.345 e. The molecule has 10 heteroatoms. The van der Waals surface area contributed by atoms with Gasteiger partial charge in [-0.05, 0) is 48.7 Å². The Labute approximate surface area is 191 Å². The number of hydrogen-bond donors (Lipinski definition) is 1. The van der Waals surface area contributed by atoms with Crippen molar-refractivity contribution in [2.45, 2.75) is 44.3 Å². The maximum atomic E-state index is 13.2. The molecule has 0 unspecified atom stereocenters. The number of hydrogen-bond acceptors (Lipinski definition) is 1. The fourth-order valence-corrected chi connectivity index (χ4v) is 3.68. The van der Waals surface area contributed by atoms with E-state index in [0.717, 1.165) is 11.3 Å². The minimum absolute atomic E-state index is 0.0325. The molecular formula is C24H21F6N3O. The highest BCUT2D eigenvalue weighted by Crippen LogP contribution is 2.38. The number of alkyl halides is 6. The second-order valence-electron chi connectivity index (χ2n) is 8.20. The Balaban J connectivity index is 1.55. The molecule has 180 valence electrons. The lowest BCUT2D eigenvalue weighted by atomic mass is 10.1. The first-order valence-electron chi connectivity index (χ1n) is 10.6. The van der Waals surface area contributed by atoms with Gasteiger partial charge in [0, 0.05) is 30.2 Å². The van der Waals surface area contributed by atoms with E-state index in [1.807, 2.05) is 53.2 Å². The molecule has 0 aliphatic heterocycles. The summed E-state index contributed by atoms with van der Waals surface area (Å²) in [6.07, 6.45) is -6.70. The Morgan fingerprint density at radius 2 is 1.53 bits per heavy atom. The van der Waals surface area contributed by atoms with Gasteiger partial charge in [-0.2, -0.15) is 26.3 Å². The monoisotopic (exact) mass is 481 g/mol. The summed E-state index contributed by atoms with van der Waals surface area (Å²) in [5.74, 6) is 0. The average Bonchev–Trinajstić information content (AvgIpc) is 3.51. The van der Waals surface area contributed by atoms with Gasteiger partial charge in [0.15, 0.2) is 0 Å². The molecule has 1 N–H and O–H groups in total. The molecule has 1 saturated carbocycles. The third-order valence-electron chi connectivity index (χ3n) is 5.54. The highest BCUT2D eigenvalue weighted by atomic mass is 19.4. The fraction of sp³-hybridized carbons (Fsp3) is 0.292. The third-order valence-corrected chi connectivity index (χ3v) is 5.54. The number of halogens is 6. The van der Waals surface area contributed by atoms with Crippen molar-refractivity contribution in [1.29, 1.82) is 0 Å². The summed E-state index contributed by atoms with van der Waals surface area (Å²) >= 11 is 0. The van der Waals surface area contributed by atoms with Crippen molar-refractivity contribution in [3.63, 3.8) is 0 Å². The molecule has 1 aliphatic rings. The van der Waals surface area contributed by atoms with Crippen molar-refractivity contribution < 1.29 is 31.1 Å². The molecule has 0 bridgehead atoms. The standard InChI is InChI=1S/C24H21F6N3O/c25-23(26,27)17-11-18(24(28,29)30)13-19(12-17)31-22(34)33(20-8-9-20)15-21-7-4-10-32(21)14-16-5-2-1-3-6-16/h1-7,10-13,20H,8-9,14-15H2,(H,31,34). The van der Waals surface area contributed by atoms with E-state index in [-0.39, 0.29) is 18.7 Å². The summed E-state index contributed by atoms with van der Waals surface area (Å²) in [7, 11) is 0. The van der Waals surface area contributed by atoms with Gasteiger partial charge in [-0.15, -0.1) is 0 Å². The summed E-state index contributed by atoms with van der Waals surface area (Å²) in [5, 5.41) is 2.25. The Kier molecular flexibility index (Phi) is 6.33. The number of nitrogens with one attached hydrogen (secondary N) is 1. The largest absolute Gasteiger partial charge is 0.416 e. The van der Waals surface area contributed by atoms with Crippen LogP contribution in [-0.2, 0) is 25.4 Å². The van der Waals surface area contributed by atoms with Gasteiger partial charge in [0.25, 0.3) is 0 Å². The van der Waals surface area contributed by atoms with Crippen LogP contribution in [0.4, 0.5) is 36.8 Å². The third kappa shape index (κ3) is 5.73. The van der Waals surface area contributed by atoms with Crippen LogP contribution in [0, 0.1) is 0 Å². The minimum Gasteiger partial charge on any atom is -0.345 e. The van der Waals surface area contributed by atoms with Crippen molar-refractivity contribution in [3.8, 4) is 0 Å². The van der Waals surface area contributed by atoms with E-state index in [1.54, 1.807) is 0 Å². The van der Waals surface area contributed by atoms with Crippen LogP contribution in [0.1, 0.15) is 35.2 Å². The number of aromatic nitrogens is 1. The Hall–Kier alpha value is -3.43. The highest BCUT2D eigenvalue weighted by Gasteiger charge is 2.38. The number of amides is 2. The van der Waals surface area contributed by atoms with Gasteiger partial charge >= 0.3 is 18.4 Å². The summed E-state index contributed by atoms with van der Waals surface area (Å²) in [6, 6.07) is 13.5. The molecule has 0 spiro atoms. The maximum Gasteiger partial charge on any atom is 0.416 e. The van der Waals surface area contributed by atoms with Gasteiger partial charge in [0.05, 0.1) is 17.7 Å². The number of benzene rings is 2. The SMILES string of the molecule is O=C(Nc1cc(C(F)(F)F)cc(C(F)(F)F)c1)N(Cc1cccn1Cc1ccccc1)C1CC1. The molecule has 1 aromatic heterocycles. The van der Waals surface area contributed by atoms with E-state index in [9.17, 15) is 31.1 Å². The Morgan fingerprint density at radius 3 is 2.09 bits per heavy atom.